The zero-order valence-corrected chi connectivity index (χ0v) is 15.7. The van der Waals surface area contributed by atoms with Crippen LogP contribution < -0.4 is 0 Å². The molecule has 0 saturated heterocycles. The van der Waals surface area contributed by atoms with Gasteiger partial charge in [-0.1, -0.05) is 24.3 Å². The van der Waals surface area contributed by atoms with Crippen LogP contribution in [0.1, 0.15) is 30.9 Å². The molecule has 0 heterocycles. The summed E-state index contributed by atoms with van der Waals surface area (Å²) in [6.07, 6.45) is 1.29. The Morgan fingerprint density at radius 3 is 2.11 bits per heavy atom. The van der Waals surface area contributed by atoms with E-state index in [9.17, 15) is 30.8 Å². The van der Waals surface area contributed by atoms with Gasteiger partial charge in [0.05, 0.1) is 0 Å². The van der Waals surface area contributed by atoms with Gasteiger partial charge in [0.1, 0.15) is 10.7 Å². The van der Waals surface area contributed by atoms with Crippen LogP contribution in [0.5, 0.6) is 0 Å². The molecule has 0 N–H and O–H groups in total. The highest BCUT2D eigenvalue weighted by Crippen LogP contribution is 2.35. The minimum atomic E-state index is -4.60. The molecule has 0 atom stereocenters. The summed E-state index contributed by atoms with van der Waals surface area (Å²) in [7, 11) is -4.60. The van der Waals surface area contributed by atoms with Crippen molar-refractivity contribution in [3.63, 3.8) is 0 Å². The second-order valence-corrected chi connectivity index (χ2v) is 8.63. The predicted octanol–water partition coefficient (Wildman–Crippen LogP) is 3.73. The van der Waals surface area contributed by atoms with E-state index in [0.29, 0.717) is 18.4 Å². The fourth-order valence-electron chi connectivity index (χ4n) is 2.87. The molecule has 0 bridgehead atoms. The molecule has 0 spiro atoms. The van der Waals surface area contributed by atoms with Crippen molar-refractivity contribution in [3.05, 3.63) is 64.7 Å². The van der Waals surface area contributed by atoms with Crippen molar-refractivity contribution < 1.29 is 30.8 Å². The van der Waals surface area contributed by atoms with Crippen molar-refractivity contribution in [2.75, 3.05) is 0 Å². The minimum Gasteiger partial charge on any atom is -0.300 e. The summed E-state index contributed by atoms with van der Waals surface area (Å²) in [5, 5.41) is 0. The number of halogens is 4. The fraction of sp³-hybridized carbons (Fsp3) is 0.316. The standard InChI is InChI=1S/C19H17F4NO3S/c1-11(25)8-12-2-4-13(5-3-12)10-24(14-6-7-14)28(26,27)16-9-15(20)17(21)19(23)18(16)22/h2-5,9,14H,6-8,10H2,1H3. The zero-order valence-electron chi connectivity index (χ0n) is 14.9. The quantitative estimate of drug-likeness (QED) is 0.393. The van der Waals surface area contributed by atoms with E-state index in [2.05, 4.69) is 0 Å². The molecule has 0 radical (unpaired) electrons. The van der Waals surface area contributed by atoms with E-state index in [-0.39, 0.29) is 24.8 Å². The van der Waals surface area contributed by atoms with Crippen molar-refractivity contribution >= 4 is 15.8 Å². The minimum absolute atomic E-state index is 0.0224. The highest BCUT2D eigenvalue weighted by Gasteiger charge is 2.40. The van der Waals surface area contributed by atoms with Crippen molar-refractivity contribution in [2.45, 2.75) is 43.7 Å². The van der Waals surface area contributed by atoms with Crippen LogP contribution in [0.25, 0.3) is 0 Å². The lowest BCUT2D eigenvalue weighted by Gasteiger charge is -2.22. The van der Waals surface area contributed by atoms with Crippen LogP contribution >= 0.6 is 0 Å². The molecular formula is C19H17F4NO3S. The molecule has 9 heteroatoms. The Balaban J connectivity index is 1.93. The lowest BCUT2D eigenvalue weighted by atomic mass is 10.1. The third-order valence-electron chi connectivity index (χ3n) is 4.42. The maximum absolute atomic E-state index is 14.1. The molecule has 1 fully saturated rings. The average Bonchev–Trinajstić information content (AvgIpc) is 3.46. The Kier molecular flexibility index (Phi) is 5.58. The van der Waals surface area contributed by atoms with Crippen LogP contribution in [0.4, 0.5) is 17.6 Å². The summed E-state index contributed by atoms with van der Waals surface area (Å²) in [6, 6.07) is 6.33. The van der Waals surface area contributed by atoms with Crippen molar-refractivity contribution in [1.82, 2.24) is 4.31 Å². The lowest BCUT2D eigenvalue weighted by Crippen LogP contribution is -2.33. The van der Waals surface area contributed by atoms with Gasteiger partial charge < -0.3 is 0 Å². The molecule has 28 heavy (non-hydrogen) atoms. The van der Waals surface area contributed by atoms with Crippen LogP contribution in [0.15, 0.2) is 35.2 Å². The van der Waals surface area contributed by atoms with Gasteiger partial charge in [0, 0.05) is 25.1 Å². The number of hydrogen-bond donors (Lipinski definition) is 0. The molecule has 2 aromatic rings. The SMILES string of the molecule is CC(=O)Cc1ccc(CN(C2CC2)S(=O)(=O)c2cc(F)c(F)c(F)c2F)cc1. The molecule has 0 aromatic heterocycles. The van der Waals surface area contributed by atoms with Crippen LogP contribution in [-0.4, -0.2) is 24.5 Å². The normalized spacial score (nSPS) is 14.5. The molecule has 3 rings (SSSR count). The third kappa shape index (κ3) is 4.10. The Bertz CT molecular complexity index is 1020. The second-order valence-electron chi connectivity index (χ2n) is 6.78. The van der Waals surface area contributed by atoms with Crippen molar-refractivity contribution in [1.29, 1.82) is 0 Å². The summed E-state index contributed by atoms with van der Waals surface area (Å²) < 4.78 is 81.0. The molecule has 1 saturated carbocycles. The molecule has 1 aliphatic rings. The summed E-state index contributed by atoms with van der Waals surface area (Å²) in [5.74, 6) is -7.97. The largest absolute Gasteiger partial charge is 0.300 e. The number of hydrogen-bond acceptors (Lipinski definition) is 3. The smallest absolute Gasteiger partial charge is 0.246 e. The van der Waals surface area contributed by atoms with E-state index >= 15 is 0 Å². The molecule has 4 nitrogen and oxygen atoms in total. The number of rotatable bonds is 7. The number of benzene rings is 2. The van der Waals surface area contributed by atoms with Crippen molar-refractivity contribution in [2.24, 2.45) is 0 Å². The Morgan fingerprint density at radius 1 is 1.00 bits per heavy atom. The van der Waals surface area contributed by atoms with E-state index in [0.717, 1.165) is 9.87 Å². The number of Topliss-reactive ketones (excluding diaryl/α,β-unsaturated/α-hetero) is 1. The van der Waals surface area contributed by atoms with Crippen LogP contribution in [-0.2, 0) is 27.8 Å². The number of sulfonamides is 1. The van der Waals surface area contributed by atoms with Crippen LogP contribution in [0, 0.1) is 23.3 Å². The van der Waals surface area contributed by atoms with Gasteiger partial charge in [-0.2, -0.15) is 4.31 Å². The monoisotopic (exact) mass is 415 g/mol. The topological polar surface area (TPSA) is 54.5 Å². The van der Waals surface area contributed by atoms with E-state index in [1.54, 1.807) is 24.3 Å². The molecule has 150 valence electrons. The fourth-order valence-corrected chi connectivity index (χ4v) is 4.61. The van der Waals surface area contributed by atoms with Gasteiger partial charge in [-0.15, -0.1) is 0 Å². The highest BCUT2D eigenvalue weighted by molar-refractivity contribution is 7.89. The van der Waals surface area contributed by atoms with Gasteiger partial charge in [0.15, 0.2) is 23.3 Å². The van der Waals surface area contributed by atoms with E-state index in [4.69, 9.17) is 0 Å². The summed E-state index contributed by atoms with van der Waals surface area (Å²) >= 11 is 0. The zero-order chi connectivity index (χ0) is 20.6. The first kappa shape index (κ1) is 20.5. The van der Waals surface area contributed by atoms with Gasteiger partial charge in [-0.25, -0.2) is 26.0 Å². The molecule has 0 unspecified atom stereocenters. The molecule has 1 aliphatic carbocycles. The molecule has 0 amide bonds. The van der Waals surface area contributed by atoms with Gasteiger partial charge in [0.25, 0.3) is 0 Å². The molecular weight excluding hydrogens is 398 g/mol. The number of nitrogens with zero attached hydrogens (tertiary/aromatic N) is 1. The Labute approximate surface area is 159 Å². The van der Waals surface area contributed by atoms with Gasteiger partial charge >= 0.3 is 0 Å². The Morgan fingerprint density at radius 2 is 1.57 bits per heavy atom. The van der Waals surface area contributed by atoms with E-state index in [1.807, 2.05) is 0 Å². The highest BCUT2D eigenvalue weighted by atomic mass is 32.2. The first-order valence-electron chi connectivity index (χ1n) is 8.53. The maximum atomic E-state index is 14.1. The Hall–Kier alpha value is -2.26. The van der Waals surface area contributed by atoms with Crippen LogP contribution in [0.2, 0.25) is 0 Å². The first-order valence-corrected chi connectivity index (χ1v) is 9.97. The van der Waals surface area contributed by atoms with E-state index < -0.39 is 44.2 Å². The van der Waals surface area contributed by atoms with E-state index in [1.165, 1.54) is 6.92 Å². The van der Waals surface area contributed by atoms with Gasteiger partial charge in [-0.05, 0) is 30.9 Å². The third-order valence-corrected chi connectivity index (χ3v) is 6.32. The molecule has 2 aromatic carbocycles. The summed E-state index contributed by atoms with van der Waals surface area (Å²) in [5.41, 5.74) is 1.32. The molecule has 0 aliphatic heterocycles. The average molecular weight is 415 g/mol. The number of ketones is 1. The second kappa shape index (κ2) is 7.63. The predicted molar refractivity (Wildman–Crippen MR) is 92.9 cm³/mol. The first-order chi connectivity index (χ1) is 13.1. The van der Waals surface area contributed by atoms with Gasteiger partial charge in [0.2, 0.25) is 10.0 Å². The summed E-state index contributed by atoms with van der Waals surface area (Å²) in [6.45, 7) is 1.30. The lowest BCUT2D eigenvalue weighted by molar-refractivity contribution is -0.116. The van der Waals surface area contributed by atoms with Crippen molar-refractivity contribution in [3.8, 4) is 0 Å². The van der Waals surface area contributed by atoms with Crippen LogP contribution in [0.3, 0.4) is 0 Å². The number of carbonyl (C=O) groups excluding carboxylic acids is 1. The summed E-state index contributed by atoms with van der Waals surface area (Å²) in [4.78, 5) is 9.93. The van der Waals surface area contributed by atoms with Gasteiger partial charge in [-0.3, -0.25) is 4.79 Å². The maximum Gasteiger partial charge on any atom is 0.246 e. The number of carbonyl (C=O) groups is 1.